The Balaban J connectivity index is 0.00000444. The second kappa shape index (κ2) is 15.7. The number of hydrogen-bond donors (Lipinski definition) is 0. The summed E-state index contributed by atoms with van der Waals surface area (Å²) in [4.78, 5) is 14.7. The normalized spacial score (nSPS) is 12.0. The number of hydrogen-bond acceptors (Lipinski definition) is 5. The molecule has 1 aliphatic rings. The van der Waals surface area contributed by atoms with Gasteiger partial charge in [-0.3, -0.25) is 14.1 Å². The fourth-order valence-electron chi connectivity index (χ4n) is 9.34. The van der Waals surface area contributed by atoms with Crippen LogP contribution < -0.4 is 26.0 Å². The van der Waals surface area contributed by atoms with Gasteiger partial charge in [0.1, 0.15) is 11.6 Å². The zero-order valence-electron chi connectivity index (χ0n) is 34.4. The monoisotopic (exact) mass is 1020 g/mol. The maximum Gasteiger partial charge on any atom is 2.00 e. The van der Waals surface area contributed by atoms with Gasteiger partial charge >= 0.3 is 21.1 Å². The van der Waals surface area contributed by atoms with Gasteiger partial charge in [0.25, 0.3) is 6.71 Å². The number of pyridine rings is 2. The molecule has 0 radical (unpaired) electrons. The Morgan fingerprint density at radius 1 is 0.538 bits per heavy atom. The standard InChI is InChI=1S/C55H33BN6O2.Pt/c1-3-15-36(16-4-1)38-31-39(37-17-5-2-6-18-37)33-41(32-38)60-46-23-9-7-21-44(46)52-54(60)64-50-25-14-30-58-53(50)56(52)40-19-13-20-42(34-40)63-43-27-28-48-49(35-43)62(51-26-11-12-29-57-51)55-59-45-22-8-10-24-47(45)61(48)55;/h1-33H;/q-2;+2. The van der Waals surface area contributed by atoms with Crippen LogP contribution in [0.25, 0.3) is 72.5 Å². The summed E-state index contributed by atoms with van der Waals surface area (Å²) < 4.78 is 20.1. The van der Waals surface area contributed by atoms with E-state index in [9.17, 15) is 0 Å². The van der Waals surface area contributed by atoms with E-state index in [4.69, 9.17) is 24.4 Å². The number of imidazole rings is 2. The van der Waals surface area contributed by atoms with E-state index in [-0.39, 0.29) is 27.8 Å². The predicted octanol–water partition coefficient (Wildman–Crippen LogP) is 10.5. The van der Waals surface area contributed by atoms with Crippen molar-refractivity contribution in [3.05, 3.63) is 213 Å². The van der Waals surface area contributed by atoms with Crippen molar-refractivity contribution in [1.29, 1.82) is 0 Å². The smallest absolute Gasteiger partial charge is 0.509 e. The molecule has 0 atom stereocenters. The van der Waals surface area contributed by atoms with Crippen molar-refractivity contribution >= 4 is 62.0 Å². The van der Waals surface area contributed by atoms with E-state index in [0.29, 0.717) is 17.2 Å². The second-order valence-corrected chi connectivity index (χ2v) is 15.9. The van der Waals surface area contributed by atoms with Crippen molar-refractivity contribution in [2.75, 3.05) is 0 Å². The number of benzene rings is 7. The summed E-state index contributed by atoms with van der Waals surface area (Å²) in [5.41, 5.74) is 12.9. The average Bonchev–Trinajstić information content (AvgIpc) is 4.00. The number of ether oxygens (including phenoxy) is 2. The fraction of sp³-hybridized carbons (Fsp3) is 0. The minimum atomic E-state index is -0.325. The molecule has 0 aliphatic carbocycles. The van der Waals surface area contributed by atoms with Gasteiger partial charge in [-0.2, -0.15) is 17.6 Å². The molecular formula is C55H33BN6O2Pt. The van der Waals surface area contributed by atoms with Crippen LogP contribution in [-0.2, 0) is 21.1 Å². The van der Waals surface area contributed by atoms with E-state index in [1.807, 2.05) is 77.5 Å². The maximum absolute atomic E-state index is 6.99. The van der Waals surface area contributed by atoms with Crippen LogP contribution in [0.5, 0.6) is 23.1 Å². The summed E-state index contributed by atoms with van der Waals surface area (Å²) in [5, 5.41) is 1.07. The van der Waals surface area contributed by atoms with Gasteiger partial charge in [0.2, 0.25) is 11.7 Å². The molecule has 5 aromatic heterocycles. The van der Waals surface area contributed by atoms with Crippen molar-refractivity contribution in [2.45, 2.75) is 0 Å². The summed E-state index contributed by atoms with van der Waals surface area (Å²) in [6.07, 6.45) is 3.62. The minimum Gasteiger partial charge on any atom is -0.509 e. The SMILES string of the molecule is [Pt+2].[c-]1c(Oc2[c-]c3c(cc2)n2c4ccccc4nc2n3-c2ccccn2)cccc1B1c2ncccc2Oc2c1c1ccccc1n2-c1cc(-c2ccccc2)cc(-c2ccccc2)c1. The van der Waals surface area contributed by atoms with Gasteiger partial charge in [-0.1, -0.05) is 97.1 Å². The van der Waals surface area contributed by atoms with E-state index < -0.39 is 0 Å². The summed E-state index contributed by atoms with van der Waals surface area (Å²) in [6.45, 7) is -0.325. The molecule has 0 amide bonds. The number of aromatic nitrogens is 6. The molecule has 308 valence electrons. The molecule has 6 heterocycles. The topological polar surface area (TPSA) is 71.4 Å². The summed E-state index contributed by atoms with van der Waals surface area (Å²) in [5.74, 6) is 4.01. The average molecular weight is 1020 g/mol. The first kappa shape index (κ1) is 38.7. The van der Waals surface area contributed by atoms with Crippen molar-refractivity contribution in [3.63, 3.8) is 0 Å². The van der Waals surface area contributed by atoms with Gasteiger partial charge in [0, 0.05) is 29.4 Å². The third-order valence-corrected chi connectivity index (χ3v) is 12.1. The molecular weight excluding hydrogens is 983 g/mol. The Hall–Kier alpha value is -8.00. The molecule has 0 spiro atoms. The molecule has 0 fully saturated rings. The molecule has 65 heavy (non-hydrogen) atoms. The van der Waals surface area contributed by atoms with Gasteiger partial charge in [-0.05, 0) is 99.3 Å². The molecule has 8 nitrogen and oxygen atoms in total. The van der Waals surface area contributed by atoms with Gasteiger partial charge in [0.05, 0.1) is 27.8 Å². The third-order valence-electron chi connectivity index (χ3n) is 12.1. The van der Waals surface area contributed by atoms with Crippen LogP contribution in [0.3, 0.4) is 0 Å². The van der Waals surface area contributed by atoms with Crippen LogP contribution in [0.1, 0.15) is 0 Å². The number of rotatable bonds is 7. The van der Waals surface area contributed by atoms with Crippen LogP contribution in [0.15, 0.2) is 200 Å². The fourth-order valence-corrected chi connectivity index (χ4v) is 9.34. The van der Waals surface area contributed by atoms with E-state index in [0.717, 1.165) is 94.9 Å². The molecule has 7 aromatic carbocycles. The number of para-hydroxylation sites is 3. The maximum atomic E-state index is 6.99. The molecule has 10 heteroatoms. The first-order chi connectivity index (χ1) is 31.7. The van der Waals surface area contributed by atoms with E-state index in [2.05, 4.69) is 142 Å². The van der Waals surface area contributed by atoms with Crippen LogP contribution in [-0.4, -0.2) is 35.2 Å². The largest absolute Gasteiger partial charge is 2.00 e. The molecule has 12 aromatic rings. The molecule has 0 bridgehead atoms. The van der Waals surface area contributed by atoms with Gasteiger partial charge in [0.15, 0.2) is 0 Å². The zero-order valence-corrected chi connectivity index (χ0v) is 36.7. The predicted molar refractivity (Wildman–Crippen MR) is 255 cm³/mol. The summed E-state index contributed by atoms with van der Waals surface area (Å²) in [7, 11) is 0. The van der Waals surface area contributed by atoms with Crippen molar-refractivity contribution in [2.24, 2.45) is 0 Å². The Morgan fingerprint density at radius 2 is 1.25 bits per heavy atom. The third kappa shape index (κ3) is 6.38. The summed E-state index contributed by atoms with van der Waals surface area (Å²) >= 11 is 0. The van der Waals surface area contributed by atoms with Crippen molar-refractivity contribution in [3.8, 4) is 56.9 Å². The van der Waals surface area contributed by atoms with Crippen LogP contribution in [0, 0.1) is 12.1 Å². The summed E-state index contributed by atoms with van der Waals surface area (Å²) in [6, 6.07) is 71.6. The van der Waals surface area contributed by atoms with Gasteiger partial charge in [-0.15, -0.1) is 30.3 Å². The molecule has 0 N–H and O–H groups in total. The first-order valence-corrected chi connectivity index (χ1v) is 21.2. The molecule has 0 unspecified atom stereocenters. The Kier molecular flexibility index (Phi) is 9.32. The van der Waals surface area contributed by atoms with Gasteiger partial charge in [-0.25, -0.2) is 9.97 Å². The van der Waals surface area contributed by atoms with Crippen LogP contribution >= 0.6 is 0 Å². The Bertz CT molecular complexity index is 3700. The molecule has 0 saturated heterocycles. The Morgan fingerprint density at radius 3 is 2.03 bits per heavy atom. The minimum absolute atomic E-state index is 0. The number of fused-ring (bicyclic) bond motifs is 9. The van der Waals surface area contributed by atoms with Crippen LogP contribution in [0.2, 0.25) is 0 Å². The van der Waals surface area contributed by atoms with E-state index in [1.54, 1.807) is 6.20 Å². The van der Waals surface area contributed by atoms with Crippen LogP contribution in [0.4, 0.5) is 0 Å². The van der Waals surface area contributed by atoms with E-state index >= 15 is 0 Å². The molecule has 13 rings (SSSR count). The molecule has 0 saturated carbocycles. The Labute approximate surface area is 388 Å². The van der Waals surface area contributed by atoms with Gasteiger partial charge < -0.3 is 13.9 Å². The van der Waals surface area contributed by atoms with Crippen molar-refractivity contribution in [1.82, 2.24) is 28.5 Å². The second-order valence-electron chi connectivity index (χ2n) is 15.9. The van der Waals surface area contributed by atoms with E-state index in [1.165, 1.54) is 0 Å². The zero-order chi connectivity index (χ0) is 42.1. The van der Waals surface area contributed by atoms with Crippen molar-refractivity contribution < 1.29 is 30.5 Å². The quantitative estimate of drug-likeness (QED) is 0.118. The number of nitrogens with zero attached hydrogens (tertiary/aromatic N) is 6. The molecule has 1 aliphatic heterocycles. The first-order valence-electron chi connectivity index (χ1n) is 21.2.